The number of rotatable bonds is 3. The molecule has 6 heteroatoms. The number of hydrogen-bond acceptors (Lipinski definition) is 4. The Hall–Kier alpha value is -1.61. The predicted molar refractivity (Wildman–Crippen MR) is 50.1 cm³/mol. The number of nitriles is 1. The fraction of sp³-hybridized carbons (Fsp3) is 0.667. The van der Waals surface area contributed by atoms with Gasteiger partial charge in [-0.2, -0.15) is 5.26 Å². The highest BCUT2D eigenvalue weighted by Crippen LogP contribution is 2.19. The van der Waals surface area contributed by atoms with E-state index in [1.807, 2.05) is 0 Å². The van der Waals surface area contributed by atoms with Crippen LogP contribution in [-0.4, -0.2) is 24.5 Å². The molecule has 1 aliphatic rings. The molecule has 0 radical (unpaired) electrons. The summed E-state index contributed by atoms with van der Waals surface area (Å²) < 4.78 is 0. The maximum atomic E-state index is 11.0. The zero-order valence-corrected chi connectivity index (χ0v) is 8.28. The Morgan fingerprint density at radius 2 is 2.00 bits per heavy atom. The summed E-state index contributed by atoms with van der Waals surface area (Å²) in [6.07, 6.45) is 3.99. The maximum Gasteiger partial charge on any atom is 0.332 e. The monoisotopic (exact) mass is 211 g/mol. The van der Waals surface area contributed by atoms with Gasteiger partial charge in [-0.05, 0) is 12.8 Å². The summed E-state index contributed by atoms with van der Waals surface area (Å²) in [5, 5.41) is 10.3. The van der Waals surface area contributed by atoms with Crippen LogP contribution in [0.25, 0.3) is 0 Å². The van der Waals surface area contributed by atoms with Crippen LogP contribution in [0.15, 0.2) is 0 Å². The van der Waals surface area contributed by atoms with Crippen LogP contribution in [-0.2, 0) is 14.4 Å². The number of hydrogen-bond donors (Lipinski definition) is 2. The minimum atomic E-state index is -0.864. The standard InChI is InChI=1S/C9H13N3O3/c10-5-6-11-8(13)9(14)12-15-7-3-1-2-4-7/h7H,1-4,6H2,(H,11,13)(H,12,14). The molecule has 0 unspecified atom stereocenters. The molecule has 1 saturated carbocycles. The molecule has 1 rings (SSSR count). The smallest absolute Gasteiger partial charge is 0.332 e. The van der Waals surface area contributed by atoms with E-state index in [9.17, 15) is 9.59 Å². The normalized spacial score (nSPS) is 15.7. The van der Waals surface area contributed by atoms with Crippen molar-refractivity contribution >= 4 is 11.8 Å². The Morgan fingerprint density at radius 1 is 1.33 bits per heavy atom. The summed E-state index contributed by atoms with van der Waals surface area (Å²) in [5.74, 6) is -1.72. The first kappa shape index (κ1) is 11.5. The molecule has 0 aromatic carbocycles. The molecule has 6 nitrogen and oxygen atoms in total. The van der Waals surface area contributed by atoms with Crippen molar-refractivity contribution < 1.29 is 14.4 Å². The van der Waals surface area contributed by atoms with Crippen molar-refractivity contribution in [2.75, 3.05) is 6.54 Å². The van der Waals surface area contributed by atoms with Crippen molar-refractivity contribution in [3.8, 4) is 6.07 Å². The Kier molecular flexibility index (Phi) is 4.57. The van der Waals surface area contributed by atoms with E-state index >= 15 is 0 Å². The van der Waals surface area contributed by atoms with Crippen LogP contribution < -0.4 is 10.8 Å². The number of carbonyl (C=O) groups excluding carboxylic acids is 2. The molecule has 1 fully saturated rings. The molecule has 82 valence electrons. The Labute approximate surface area is 87.5 Å². The number of hydroxylamine groups is 1. The molecule has 15 heavy (non-hydrogen) atoms. The second kappa shape index (κ2) is 5.98. The van der Waals surface area contributed by atoms with E-state index in [4.69, 9.17) is 10.1 Å². The molecule has 0 heterocycles. The Morgan fingerprint density at radius 3 is 2.60 bits per heavy atom. The molecule has 0 bridgehead atoms. The van der Waals surface area contributed by atoms with Gasteiger partial charge >= 0.3 is 11.8 Å². The molecule has 0 aliphatic heterocycles. The second-order valence-electron chi connectivity index (χ2n) is 3.30. The zero-order chi connectivity index (χ0) is 11.1. The van der Waals surface area contributed by atoms with Gasteiger partial charge in [-0.25, -0.2) is 5.48 Å². The molecule has 0 aromatic rings. The summed E-state index contributed by atoms with van der Waals surface area (Å²) in [6.45, 7) is -0.185. The van der Waals surface area contributed by atoms with Gasteiger partial charge in [-0.3, -0.25) is 14.4 Å². The summed E-state index contributed by atoms with van der Waals surface area (Å²) >= 11 is 0. The Bertz CT molecular complexity index is 279. The molecule has 0 atom stereocenters. The van der Waals surface area contributed by atoms with Crippen LogP contribution in [0.2, 0.25) is 0 Å². The quantitative estimate of drug-likeness (QED) is 0.378. The molecule has 0 spiro atoms. The van der Waals surface area contributed by atoms with Crippen molar-refractivity contribution in [2.24, 2.45) is 0 Å². The van der Waals surface area contributed by atoms with Gasteiger partial charge in [-0.1, -0.05) is 12.8 Å². The van der Waals surface area contributed by atoms with Gasteiger partial charge in [0.25, 0.3) is 0 Å². The highest BCUT2D eigenvalue weighted by atomic mass is 16.7. The molecule has 0 saturated heterocycles. The van der Waals surface area contributed by atoms with E-state index in [1.165, 1.54) is 0 Å². The second-order valence-corrected chi connectivity index (χ2v) is 3.30. The largest absolute Gasteiger partial charge is 0.335 e. The molecule has 2 amide bonds. The first-order valence-corrected chi connectivity index (χ1v) is 4.85. The summed E-state index contributed by atoms with van der Waals surface area (Å²) in [7, 11) is 0. The first-order chi connectivity index (χ1) is 7.24. The molecular weight excluding hydrogens is 198 g/mol. The number of amides is 2. The van der Waals surface area contributed by atoms with Crippen LogP contribution in [0.5, 0.6) is 0 Å². The highest BCUT2D eigenvalue weighted by molar-refractivity contribution is 6.34. The summed E-state index contributed by atoms with van der Waals surface area (Å²) in [4.78, 5) is 27.0. The lowest BCUT2D eigenvalue weighted by Gasteiger charge is -2.10. The first-order valence-electron chi connectivity index (χ1n) is 4.85. The van der Waals surface area contributed by atoms with Gasteiger partial charge in [-0.15, -0.1) is 0 Å². The summed E-state index contributed by atoms with van der Waals surface area (Å²) in [6, 6.07) is 1.70. The van der Waals surface area contributed by atoms with Gasteiger partial charge < -0.3 is 5.32 Å². The molecule has 0 aromatic heterocycles. The predicted octanol–water partition coefficient (Wildman–Crippen LogP) is -0.383. The molecular formula is C9H13N3O3. The van der Waals surface area contributed by atoms with Gasteiger partial charge in [0, 0.05) is 0 Å². The average Bonchev–Trinajstić information content (AvgIpc) is 2.75. The van der Waals surface area contributed by atoms with E-state index in [0.29, 0.717) is 0 Å². The maximum absolute atomic E-state index is 11.0. The van der Waals surface area contributed by atoms with Gasteiger partial charge in [0.2, 0.25) is 0 Å². The van der Waals surface area contributed by atoms with E-state index in [1.54, 1.807) is 6.07 Å². The number of carbonyl (C=O) groups is 2. The van der Waals surface area contributed by atoms with Crippen molar-refractivity contribution in [1.82, 2.24) is 10.8 Å². The number of nitrogens with zero attached hydrogens (tertiary/aromatic N) is 1. The minimum Gasteiger partial charge on any atom is -0.335 e. The highest BCUT2D eigenvalue weighted by Gasteiger charge is 2.19. The lowest BCUT2D eigenvalue weighted by Crippen LogP contribution is -2.41. The zero-order valence-electron chi connectivity index (χ0n) is 8.28. The lowest BCUT2D eigenvalue weighted by atomic mass is 10.3. The van der Waals surface area contributed by atoms with Gasteiger partial charge in [0.1, 0.15) is 6.54 Å². The number of nitrogens with one attached hydrogen (secondary N) is 2. The van der Waals surface area contributed by atoms with Gasteiger partial charge in [0.05, 0.1) is 12.2 Å². The molecule has 1 aliphatic carbocycles. The topological polar surface area (TPSA) is 91.2 Å². The minimum absolute atomic E-state index is 0.0118. The van der Waals surface area contributed by atoms with Crippen molar-refractivity contribution in [1.29, 1.82) is 5.26 Å². The van der Waals surface area contributed by atoms with Gasteiger partial charge in [0.15, 0.2) is 0 Å². The lowest BCUT2D eigenvalue weighted by molar-refractivity contribution is -0.149. The Balaban J connectivity index is 2.17. The summed E-state index contributed by atoms with van der Waals surface area (Å²) in [5.41, 5.74) is 2.07. The molecule has 2 N–H and O–H groups in total. The van der Waals surface area contributed by atoms with Crippen LogP contribution in [0.1, 0.15) is 25.7 Å². The third-order valence-corrected chi connectivity index (χ3v) is 2.15. The van der Waals surface area contributed by atoms with E-state index < -0.39 is 11.8 Å². The van der Waals surface area contributed by atoms with Crippen LogP contribution in [0.3, 0.4) is 0 Å². The third kappa shape index (κ3) is 3.95. The fourth-order valence-electron chi connectivity index (χ4n) is 1.39. The SMILES string of the molecule is N#CCNC(=O)C(=O)NOC1CCCC1. The van der Waals surface area contributed by atoms with Crippen molar-refractivity contribution in [3.05, 3.63) is 0 Å². The fourth-order valence-corrected chi connectivity index (χ4v) is 1.39. The van der Waals surface area contributed by atoms with Crippen molar-refractivity contribution in [2.45, 2.75) is 31.8 Å². The van der Waals surface area contributed by atoms with Crippen molar-refractivity contribution in [3.63, 3.8) is 0 Å². The van der Waals surface area contributed by atoms with E-state index in [0.717, 1.165) is 25.7 Å². The van der Waals surface area contributed by atoms with Crippen LogP contribution in [0, 0.1) is 11.3 Å². The van der Waals surface area contributed by atoms with E-state index in [-0.39, 0.29) is 12.6 Å². The van der Waals surface area contributed by atoms with Crippen LogP contribution >= 0.6 is 0 Å². The third-order valence-electron chi connectivity index (χ3n) is 2.15. The van der Waals surface area contributed by atoms with Crippen LogP contribution in [0.4, 0.5) is 0 Å². The average molecular weight is 211 g/mol. The van der Waals surface area contributed by atoms with E-state index in [2.05, 4.69) is 10.8 Å².